The fraction of sp³-hybridized carbons (Fsp3) is 0.500. The van der Waals surface area contributed by atoms with Crippen LogP contribution in [0.25, 0.3) is 0 Å². The molecular formula is C22H27ClN4OS. The molecule has 29 heavy (non-hydrogen) atoms. The molecule has 1 aromatic carbocycles. The Morgan fingerprint density at radius 2 is 2.10 bits per heavy atom. The second-order valence-corrected chi connectivity index (χ2v) is 10.2. The number of hydrogen-bond donors (Lipinski definition) is 0. The molecule has 1 heterocycles. The summed E-state index contributed by atoms with van der Waals surface area (Å²) in [6.45, 7) is 11.7. The summed E-state index contributed by atoms with van der Waals surface area (Å²) >= 11 is 7.87. The summed E-state index contributed by atoms with van der Waals surface area (Å²) in [7, 11) is 0. The van der Waals surface area contributed by atoms with Gasteiger partial charge in [-0.3, -0.25) is 0 Å². The minimum Gasteiger partial charge on any atom is -0.490 e. The Kier molecular flexibility index (Phi) is 6.50. The van der Waals surface area contributed by atoms with Gasteiger partial charge in [-0.25, -0.2) is 0 Å². The fourth-order valence-electron chi connectivity index (χ4n) is 2.77. The molecule has 0 saturated heterocycles. The number of nitrogens with zero attached hydrogens (tertiary/aromatic N) is 4. The van der Waals surface area contributed by atoms with E-state index in [0.29, 0.717) is 28.1 Å². The quantitative estimate of drug-likeness (QED) is 0.356. The monoisotopic (exact) mass is 430 g/mol. The topological polar surface area (TPSA) is 62.7 Å². The average Bonchev–Trinajstić information content (AvgIpc) is 3.35. The summed E-state index contributed by atoms with van der Waals surface area (Å²) in [6, 6.07) is 5.38. The van der Waals surface area contributed by atoms with Crippen LogP contribution in [0.1, 0.15) is 57.9 Å². The highest BCUT2D eigenvalue weighted by atomic mass is 35.5. The zero-order valence-electron chi connectivity index (χ0n) is 17.6. The van der Waals surface area contributed by atoms with Gasteiger partial charge in [-0.05, 0) is 42.4 Å². The molecule has 0 spiro atoms. The van der Waals surface area contributed by atoms with Gasteiger partial charge in [0.25, 0.3) is 0 Å². The van der Waals surface area contributed by atoms with Crippen LogP contribution in [0.2, 0.25) is 5.02 Å². The molecule has 0 radical (unpaired) electrons. The second-order valence-electron chi connectivity index (χ2n) is 8.78. The van der Waals surface area contributed by atoms with E-state index in [9.17, 15) is 5.26 Å². The molecule has 1 aliphatic carbocycles. The molecule has 154 valence electrons. The van der Waals surface area contributed by atoms with Gasteiger partial charge in [-0.15, -0.1) is 11.3 Å². The summed E-state index contributed by atoms with van der Waals surface area (Å²) in [5.74, 6) is 1.45. The van der Waals surface area contributed by atoms with Gasteiger partial charge in [0, 0.05) is 22.6 Å². The predicted octanol–water partition coefficient (Wildman–Crippen LogP) is 5.53. The van der Waals surface area contributed by atoms with Gasteiger partial charge in [0.2, 0.25) is 6.19 Å². The number of aliphatic imine (C=N–C) groups is 1. The summed E-state index contributed by atoms with van der Waals surface area (Å²) < 4.78 is 8.17. The van der Waals surface area contributed by atoms with Crippen LogP contribution in [0, 0.1) is 17.4 Å². The smallest absolute Gasteiger partial charge is 0.207 e. The third kappa shape index (κ3) is 5.71. The lowest BCUT2D eigenvalue weighted by molar-refractivity contribution is 0.302. The van der Waals surface area contributed by atoms with Gasteiger partial charge < -0.3 is 9.30 Å². The first kappa shape index (κ1) is 21.6. The van der Waals surface area contributed by atoms with Gasteiger partial charge in [0.1, 0.15) is 5.75 Å². The number of aromatic nitrogens is 1. The van der Waals surface area contributed by atoms with Crippen LogP contribution in [-0.4, -0.2) is 16.5 Å². The van der Waals surface area contributed by atoms with Crippen molar-refractivity contribution >= 4 is 28.8 Å². The Morgan fingerprint density at radius 3 is 2.69 bits per heavy atom. The molecule has 0 aliphatic heterocycles. The van der Waals surface area contributed by atoms with Crippen molar-refractivity contribution in [1.82, 2.24) is 4.57 Å². The SMILES string of the molecule is CC(C)Cn1cc(C(C)(C)C)s/c1=N\C(=N\C#N)c1cc(Cl)ccc1OC1CC1. The first-order valence-electron chi connectivity index (χ1n) is 9.86. The van der Waals surface area contributed by atoms with Crippen molar-refractivity contribution in [1.29, 1.82) is 5.26 Å². The maximum Gasteiger partial charge on any atom is 0.207 e. The van der Waals surface area contributed by atoms with Crippen LogP contribution >= 0.6 is 22.9 Å². The molecule has 1 fully saturated rings. The van der Waals surface area contributed by atoms with Crippen molar-refractivity contribution in [3.05, 3.63) is 44.7 Å². The van der Waals surface area contributed by atoms with E-state index in [1.165, 1.54) is 4.88 Å². The molecule has 1 saturated carbocycles. The molecule has 2 aromatic rings. The molecule has 0 N–H and O–H groups in total. The van der Waals surface area contributed by atoms with E-state index in [4.69, 9.17) is 21.3 Å². The zero-order chi connectivity index (χ0) is 21.2. The standard InChI is InChI=1S/C22H27ClN4OS/c1-14(2)11-27-12-19(22(3,4)5)29-21(27)26-20(25-13-24)17-10-15(23)6-9-18(17)28-16-7-8-16/h6,9-10,12,14,16H,7-8,11H2,1-5H3/b25-20+,26-21-. The largest absolute Gasteiger partial charge is 0.490 e. The minimum absolute atomic E-state index is 0.0139. The Hall–Kier alpha value is -2.10. The average molecular weight is 431 g/mol. The minimum atomic E-state index is 0.0139. The number of benzene rings is 1. The van der Waals surface area contributed by atoms with Crippen molar-refractivity contribution in [2.24, 2.45) is 15.9 Å². The van der Waals surface area contributed by atoms with Gasteiger partial charge in [-0.1, -0.05) is 46.2 Å². The highest BCUT2D eigenvalue weighted by molar-refractivity contribution is 7.09. The molecule has 0 atom stereocenters. The van der Waals surface area contributed by atoms with Crippen molar-refractivity contribution in [2.75, 3.05) is 0 Å². The Morgan fingerprint density at radius 1 is 1.38 bits per heavy atom. The lowest BCUT2D eigenvalue weighted by Crippen LogP contribution is -2.19. The normalized spacial score (nSPS) is 15.7. The first-order valence-corrected chi connectivity index (χ1v) is 11.1. The number of thiazole rings is 1. The number of nitriles is 1. The second kappa shape index (κ2) is 8.73. The molecule has 5 nitrogen and oxygen atoms in total. The molecule has 7 heteroatoms. The van der Waals surface area contributed by atoms with Crippen LogP contribution in [0.3, 0.4) is 0 Å². The number of ether oxygens (including phenoxy) is 1. The number of amidine groups is 1. The molecule has 1 aliphatic rings. The zero-order valence-corrected chi connectivity index (χ0v) is 19.1. The molecule has 0 amide bonds. The Balaban J connectivity index is 2.13. The maximum atomic E-state index is 9.30. The van der Waals surface area contributed by atoms with E-state index in [-0.39, 0.29) is 11.5 Å². The van der Waals surface area contributed by atoms with Gasteiger partial charge in [-0.2, -0.15) is 15.2 Å². The number of halogens is 1. The third-order valence-electron chi connectivity index (χ3n) is 4.38. The van der Waals surface area contributed by atoms with Gasteiger partial charge in [0.05, 0.1) is 11.7 Å². The van der Waals surface area contributed by atoms with Gasteiger partial charge >= 0.3 is 0 Å². The third-order valence-corrected chi connectivity index (χ3v) is 6.06. The van der Waals surface area contributed by atoms with Crippen molar-refractivity contribution in [2.45, 2.75) is 65.5 Å². The molecule has 0 bridgehead atoms. The summed E-state index contributed by atoms with van der Waals surface area (Å²) in [4.78, 5) is 10.9. The molecule has 3 rings (SSSR count). The highest BCUT2D eigenvalue weighted by Crippen LogP contribution is 2.31. The molecule has 1 aromatic heterocycles. The van der Waals surface area contributed by atoms with Crippen LogP contribution in [0.5, 0.6) is 5.75 Å². The number of rotatable bonds is 5. The van der Waals surface area contributed by atoms with E-state index in [0.717, 1.165) is 24.2 Å². The van der Waals surface area contributed by atoms with Crippen LogP contribution < -0.4 is 9.54 Å². The van der Waals surface area contributed by atoms with Crippen LogP contribution in [0.4, 0.5) is 0 Å². The summed E-state index contributed by atoms with van der Waals surface area (Å²) in [6.07, 6.45) is 6.35. The lowest BCUT2D eigenvalue weighted by atomic mass is 9.95. The maximum absolute atomic E-state index is 9.30. The van der Waals surface area contributed by atoms with E-state index in [1.54, 1.807) is 23.5 Å². The lowest BCUT2D eigenvalue weighted by Gasteiger charge is -2.14. The van der Waals surface area contributed by atoms with Crippen molar-refractivity contribution in [3.63, 3.8) is 0 Å². The fourth-order valence-corrected chi connectivity index (χ4v) is 4.00. The number of hydrogen-bond acceptors (Lipinski definition) is 4. The van der Waals surface area contributed by atoms with Crippen molar-refractivity contribution < 1.29 is 4.74 Å². The Bertz CT molecular complexity index is 1020. The van der Waals surface area contributed by atoms with E-state index in [1.807, 2.05) is 12.3 Å². The van der Waals surface area contributed by atoms with Crippen LogP contribution in [-0.2, 0) is 12.0 Å². The van der Waals surface area contributed by atoms with Crippen molar-refractivity contribution in [3.8, 4) is 11.9 Å². The first-order chi connectivity index (χ1) is 13.7. The van der Waals surface area contributed by atoms with Crippen LogP contribution in [0.15, 0.2) is 34.4 Å². The van der Waals surface area contributed by atoms with E-state index >= 15 is 0 Å². The summed E-state index contributed by atoms with van der Waals surface area (Å²) in [5, 5.41) is 9.86. The van der Waals surface area contributed by atoms with E-state index in [2.05, 4.69) is 50.4 Å². The van der Waals surface area contributed by atoms with Gasteiger partial charge in [0.15, 0.2) is 10.6 Å². The predicted molar refractivity (Wildman–Crippen MR) is 119 cm³/mol. The summed E-state index contributed by atoms with van der Waals surface area (Å²) in [5.41, 5.74) is 0.660. The molecular weight excluding hydrogens is 404 g/mol. The Labute approximate surface area is 181 Å². The van der Waals surface area contributed by atoms with E-state index < -0.39 is 0 Å². The highest BCUT2D eigenvalue weighted by Gasteiger charge is 2.26. The molecule has 0 unspecified atom stereocenters.